The number of benzene rings is 1. The van der Waals surface area contributed by atoms with E-state index in [1.807, 2.05) is 19.9 Å². The van der Waals surface area contributed by atoms with E-state index < -0.39 is 11.7 Å². The van der Waals surface area contributed by atoms with Gasteiger partial charge in [0, 0.05) is 5.69 Å². The Morgan fingerprint density at radius 2 is 1.84 bits per heavy atom. The molecule has 102 valence electrons. The fourth-order valence-corrected chi connectivity index (χ4v) is 1.90. The van der Waals surface area contributed by atoms with Crippen LogP contribution in [0.2, 0.25) is 0 Å². The van der Waals surface area contributed by atoms with E-state index >= 15 is 0 Å². The molecule has 2 aromatic rings. The molecular formula is C13H13F3N2O. The molecule has 1 aromatic carbocycles. The SMILES string of the molecule is COc1cc(C(F)(F)F)ccc1-n1nc(C)cc1C. The Hall–Kier alpha value is -1.98. The molecule has 0 aliphatic heterocycles. The van der Waals surface area contributed by atoms with Crippen LogP contribution < -0.4 is 4.74 Å². The average Bonchev–Trinajstić information content (AvgIpc) is 2.66. The van der Waals surface area contributed by atoms with E-state index in [0.717, 1.165) is 23.5 Å². The van der Waals surface area contributed by atoms with E-state index in [9.17, 15) is 13.2 Å². The van der Waals surface area contributed by atoms with E-state index in [0.29, 0.717) is 5.69 Å². The van der Waals surface area contributed by atoms with Gasteiger partial charge in [-0.15, -0.1) is 0 Å². The lowest BCUT2D eigenvalue weighted by Gasteiger charge is -2.13. The van der Waals surface area contributed by atoms with Crippen molar-refractivity contribution < 1.29 is 17.9 Å². The first-order chi connectivity index (χ1) is 8.82. The first kappa shape index (κ1) is 13.5. The number of alkyl halides is 3. The van der Waals surface area contributed by atoms with E-state index in [1.54, 1.807) is 4.68 Å². The molecule has 0 bridgehead atoms. The molecule has 6 heteroatoms. The molecule has 2 rings (SSSR count). The quantitative estimate of drug-likeness (QED) is 0.835. The predicted octanol–water partition coefficient (Wildman–Crippen LogP) is 3.52. The lowest BCUT2D eigenvalue weighted by molar-refractivity contribution is -0.137. The number of methoxy groups -OCH3 is 1. The molecule has 0 N–H and O–H groups in total. The van der Waals surface area contributed by atoms with E-state index in [4.69, 9.17) is 4.74 Å². The Morgan fingerprint density at radius 1 is 1.16 bits per heavy atom. The molecule has 0 unspecified atom stereocenters. The Balaban J connectivity index is 2.56. The Morgan fingerprint density at radius 3 is 2.32 bits per heavy atom. The third-order valence-corrected chi connectivity index (χ3v) is 2.74. The number of hydrogen-bond acceptors (Lipinski definition) is 2. The second kappa shape index (κ2) is 4.60. The molecule has 3 nitrogen and oxygen atoms in total. The van der Waals surface area contributed by atoms with Gasteiger partial charge in [0.2, 0.25) is 0 Å². The van der Waals surface area contributed by atoms with E-state index in [-0.39, 0.29) is 5.75 Å². The summed E-state index contributed by atoms with van der Waals surface area (Å²) in [5.41, 5.74) is 1.37. The summed E-state index contributed by atoms with van der Waals surface area (Å²) in [6.45, 7) is 3.65. The standard InChI is InChI=1S/C13H13F3N2O/c1-8-6-9(2)18(17-8)11-5-4-10(13(14,15)16)7-12(11)19-3/h4-7H,1-3H3. The van der Waals surface area contributed by atoms with Gasteiger partial charge in [0.15, 0.2) is 0 Å². The third-order valence-electron chi connectivity index (χ3n) is 2.74. The number of ether oxygens (including phenoxy) is 1. The lowest BCUT2D eigenvalue weighted by atomic mass is 10.2. The monoisotopic (exact) mass is 270 g/mol. The van der Waals surface area contributed by atoms with Crippen molar-refractivity contribution in [2.24, 2.45) is 0 Å². The molecule has 0 atom stereocenters. The first-order valence-electron chi connectivity index (χ1n) is 5.62. The molecular weight excluding hydrogens is 257 g/mol. The van der Waals surface area contributed by atoms with Crippen molar-refractivity contribution in [2.75, 3.05) is 7.11 Å². The number of aryl methyl sites for hydroxylation is 2. The second-order valence-electron chi connectivity index (χ2n) is 4.22. The molecule has 0 saturated heterocycles. The van der Waals surface area contributed by atoms with Crippen LogP contribution in [0.5, 0.6) is 5.75 Å². The minimum Gasteiger partial charge on any atom is -0.494 e. The molecule has 1 heterocycles. The van der Waals surface area contributed by atoms with Crippen LogP contribution in [0, 0.1) is 13.8 Å². The van der Waals surface area contributed by atoms with Gasteiger partial charge in [-0.25, -0.2) is 4.68 Å². The largest absolute Gasteiger partial charge is 0.494 e. The van der Waals surface area contributed by atoms with Gasteiger partial charge in [0.05, 0.1) is 18.4 Å². The number of nitrogens with zero attached hydrogens (tertiary/aromatic N) is 2. The van der Waals surface area contributed by atoms with Gasteiger partial charge in [-0.1, -0.05) is 0 Å². The number of hydrogen-bond donors (Lipinski definition) is 0. The van der Waals surface area contributed by atoms with Crippen LogP contribution in [0.3, 0.4) is 0 Å². The zero-order valence-electron chi connectivity index (χ0n) is 10.7. The molecule has 1 aromatic heterocycles. The van der Waals surface area contributed by atoms with Gasteiger partial charge >= 0.3 is 6.18 Å². The highest BCUT2D eigenvalue weighted by Crippen LogP contribution is 2.34. The molecule has 0 aliphatic rings. The number of aromatic nitrogens is 2. The molecule has 0 aliphatic carbocycles. The summed E-state index contributed by atoms with van der Waals surface area (Å²) in [6, 6.07) is 5.21. The maximum atomic E-state index is 12.6. The van der Waals surface area contributed by atoms with Crippen molar-refractivity contribution in [3.63, 3.8) is 0 Å². The van der Waals surface area contributed by atoms with Crippen LogP contribution in [-0.4, -0.2) is 16.9 Å². The van der Waals surface area contributed by atoms with Crippen LogP contribution in [0.15, 0.2) is 24.3 Å². The molecule has 0 fully saturated rings. The first-order valence-corrected chi connectivity index (χ1v) is 5.62. The lowest BCUT2D eigenvalue weighted by Crippen LogP contribution is -2.08. The fraction of sp³-hybridized carbons (Fsp3) is 0.308. The van der Waals surface area contributed by atoms with Gasteiger partial charge in [0.1, 0.15) is 11.4 Å². The van der Waals surface area contributed by atoms with Gasteiger partial charge < -0.3 is 4.74 Å². The van der Waals surface area contributed by atoms with Gasteiger partial charge in [0.25, 0.3) is 0 Å². The summed E-state index contributed by atoms with van der Waals surface area (Å²) in [7, 11) is 1.34. The molecule has 19 heavy (non-hydrogen) atoms. The fourth-order valence-electron chi connectivity index (χ4n) is 1.90. The molecule has 0 saturated carbocycles. The van der Waals surface area contributed by atoms with Crippen molar-refractivity contribution in [1.82, 2.24) is 9.78 Å². The van der Waals surface area contributed by atoms with Crippen molar-refractivity contribution in [1.29, 1.82) is 0 Å². The highest BCUT2D eigenvalue weighted by Gasteiger charge is 2.31. The maximum absolute atomic E-state index is 12.6. The van der Waals surface area contributed by atoms with Crippen molar-refractivity contribution in [3.05, 3.63) is 41.2 Å². The van der Waals surface area contributed by atoms with Crippen LogP contribution >= 0.6 is 0 Å². The second-order valence-corrected chi connectivity index (χ2v) is 4.22. The predicted molar refractivity (Wildman–Crippen MR) is 64.6 cm³/mol. The topological polar surface area (TPSA) is 27.1 Å². The molecule has 0 amide bonds. The Kier molecular flexibility index (Phi) is 3.26. The minimum absolute atomic E-state index is 0.140. The summed E-state index contributed by atoms with van der Waals surface area (Å²) in [5, 5.41) is 4.24. The van der Waals surface area contributed by atoms with Crippen LogP contribution in [0.1, 0.15) is 17.0 Å². The summed E-state index contributed by atoms with van der Waals surface area (Å²) in [6.07, 6.45) is -4.39. The molecule has 0 spiro atoms. The molecule has 0 radical (unpaired) electrons. The van der Waals surface area contributed by atoms with E-state index in [2.05, 4.69) is 5.10 Å². The van der Waals surface area contributed by atoms with Crippen molar-refractivity contribution in [3.8, 4) is 11.4 Å². The van der Waals surface area contributed by atoms with Gasteiger partial charge in [-0.2, -0.15) is 18.3 Å². The van der Waals surface area contributed by atoms with Gasteiger partial charge in [-0.3, -0.25) is 0 Å². The van der Waals surface area contributed by atoms with Crippen molar-refractivity contribution >= 4 is 0 Å². The summed E-state index contributed by atoms with van der Waals surface area (Å²) in [4.78, 5) is 0. The highest BCUT2D eigenvalue weighted by molar-refractivity contribution is 5.50. The number of rotatable bonds is 2. The van der Waals surface area contributed by atoms with Crippen LogP contribution in [0.25, 0.3) is 5.69 Å². The van der Waals surface area contributed by atoms with Crippen LogP contribution in [0.4, 0.5) is 13.2 Å². The van der Waals surface area contributed by atoms with E-state index in [1.165, 1.54) is 13.2 Å². The van der Waals surface area contributed by atoms with Crippen LogP contribution in [-0.2, 0) is 6.18 Å². The van der Waals surface area contributed by atoms with Gasteiger partial charge in [-0.05, 0) is 38.1 Å². The average molecular weight is 270 g/mol. The third kappa shape index (κ3) is 2.57. The smallest absolute Gasteiger partial charge is 0.416 e. The Labute approximate surface area is 108 Å². The zero-order valence-corrected chi connectivity index (χ0v) is 10.7. The minimum atomic E-state index is -4.39. The summed E-state index contributed by atoms with van der Waals surface area (Å²) in [5.74, 6) is 0.140. The Bertz CT molecular complexity index is 602. The maximum Gasteiger partial charge on any atom is 0.416 e. The normalized spacial score (nSPS) is 11.7. The van der Waals surface area contributed by atoms with Crippen molar-refractivity contribution in [2.45, 2.75) is 20.0 Å². The zero-order chi connectivity index (χ0) is 14.2. The summed E-state index contributed by atoms with van der Waals surface area (Å²) >= 11 is 0. The summed E-state index contributed by atoms with van der Waals surface area (Å²) < 4.78 is 44.5. The number of halogens is 3. The highest BCUT2D eigenvalue weighted by atomic mass is 19.4.